The van der Waals surface area contributed by atoms with Crippen molar-refractivity contribution in [1.29, 1.82) is 5.41 Å². The largest absolute Gasteiger partial charge is 0.474 e. The molecule has 0 aromatic carbocycles. The van der Waals surface area contributed by atoms with Gasteiger partial charge in [-0.15, -0.1) is 0 Å². The number of amidine groups is 1. The Labute approximate surface area is 100 Å². The molecule has 0 bridgehead atoms. The summed E-state index contributed by atoms with van der Waals surface area (Å²) in [6, 6.07) is 3.60. The second kappa shape index (κ2) is 5.14. The van der Waals surface area contributed by atoms with Crippen LogP contribution in [0.5, 0.6) is 5.88 Å². The summed E-state index contributed by atoms with van der Waals surface area (Å²) in [5.41, 5.74) is 6.92. The fraction of sp³-hybridized carbons (Fsp3) is 0.500. The minimum Gasteiger partial charge on any atom is -0.474 e. The summed E-state index contributed by atoms with van der Waals surface area (Å²) >= 11 is 0. The minimum atomic E-state index is -0.0143. The lowest BCUT2D eigenvalue weighted by Crippen LogP contribution is -2.27. The summed E-state index contributed by atoms with van der Waals surface area (Å²) in [6.07, 6.45) is 1.82. The molecule has 0 atom stereocenters. The molecule has 2 rings (SSSR count). The highest BCUT2D eigenvalue weighted by atomic mass is 16.5. The molecular formula is C12H17N3O2. The van der Waals surface area contributed by atoms with Crippen LogP contribution in [-0.4, -0.2) is 30.1 Å². The summed E-state index contributed by atoms with van der Waals surface area (Å²) in [7, 11) is 0. The van der Waals surface area contributed by atoms with Gasteiger partial charge in [-0.2, -0.15) is 0 Å². The Morgan fingerprint density at radius 1 is 1.47 bits per heavy atom. The Kier molecular flexibility index (Phi) is 3.58. The molecule has 1 fully saturated rings. The van der Waals surface area contributed by atoms with E-state index in [0.717, 1.165) is 18.5 Å². The number of pyridine rings is 1. The number of rotatable bonds is 3. The van der Waals surface area contributed by atoms with Gasteiger partial charge in [0.25, 0.3) is 0 Å². The fourth-order valence-corrected chi connectivity index (χ4v) is 1.78. The Morgan fingerprint density at radius 3 is 2.82 bits per heavy atom. The van der Waals surface area contributed by atoms with Gasteiger partial charge in [-0.1, -0.05) is 0 Å². The van der Waals surface area contributed by atoms with Crippen molar-refractivity contribution in [2.75, 3.05) is 13.2 Å². The first kappa shape index (κ1) is 11.9. The van der Waals surface area contributed by atoms with Crippen molar-refractivity contribution in [3.63, 3.8) is 0 Å². The first-order chi connectivity index (χ1) is 8.16. The zero-order chi connectivity index (χ0) is 12.3. The number of hydrogen-bond donors (Lipinski definition) is 2. The number of nitrogens with two attached hydrogens (primary N) is 1. The van der Waals surface area contributed by atoms with Crippen molar-refractivity contribution in [2.45, 2.75) is 25.9 Å². The monoisotopic (exact) mass is 235 g/mol. The van der Waals surface area contributed by atoms with E-state index in [9.17, 15) is 0 Å². The zero-order valence-corrected chi connectivity index (χ0v) is 9.90. The third-order valence-electron chi connectivity index (χ3n) is 2.74. The summed E-state index contributed by atoms with van der Waals surface area (Å²) in [5, 5.41) is 7.50. The normalized spacial score (nSPS) is 16.8. The second-order valence-electron chi connectivity index (χ2n) is 4.15. The molecule has 0 amide bonds. The van der Waals surface area contributed by atoms with Gasteiger partial charge in [0.1, 0.15) is 11.9 Å². The highest BCUT2D eigenvalue weighted by Crippen LogP contribution is 2.20. The van der Waals surface area contributed by atoms with Crippen LogP contribution in [0.3, 0.4) is 0 Å². The van der Waals surface area contributed by atoms with Crippen LogP contribution >= 0.6 is 0 Å². The maximum absolute atomic E-state index is 7.50. The molecule has 2 heterocycles. The van der Waals surface area contributed by atoms with Crippen molar-refractivity contribution in [3.8, 4) is 5.88 Å². The molecule has 0 saturated carbocycles. The van der Waals surface area contributed by atoms with Crippen molar-refractivity contribution in [3.05, 3.63) is 23.4 Å². The summed E-state index contributed by atoms with van der Waals surface area (Å²) < 4.78 is 11.1. The quantitative estimate of drug-likeness (QED) is 0.610. The van der Waals surface area contributed by atoms with E-state index in [1.807, 2.05) is 13.0 Å². The summed E-state index contributed by atoms with van der Waals surface area (Å²) in [5.74, 6) is 0.448. The molecule has 1 aliphatic heterocycles. The van der Waals surface area contributed by atoms with Gasteiger partial charge in [-0.05, 0) is 19.1 Å². The molecule has 5 nitrogen and oxygen atoms in total. The molecule has 0 radical (unpaired) electrons. The lowest BCUT2D eigenvalue weighted by atomic mass is 10.1. The van der Waals surface area contributed by atoms with Gasteiger partial charge in [-0.3, -0.25) is 5.41 Å². The smallest absolute Gasteiger partial charge is 0.225 e. The minimum absolute atomic E-state index is 0.0143. The Morgan fingerprint density at radius 2 is 2.18 bits per heavy atom. The van der Waals surface area contributed by atoms with Crippen LogP contribution in [0.25, 0.3) is 0 Å². The van der Waals surface area contributed by atoms with E-state index in [1.165, 1.54) is 0 Å². The molecule has 1 aliphatic rings. The predicted molar refractivity (Wildman–Crippen MR) is 64.5 cm³/mol. The Bertz CT molecular complexity index is 414. The highest BCUT2D eigenvalue weighted by molar-refractivity contribution is 5.97. The molecule has 1 saturated heterocycles. The lowest BCUT2D eigenvalue weighted by Gasteiger charge is -2.23. The van der Waals surface area contributed by atoms with Crippen molar-refractivity contribution < 1.29 is 9.47 Å². The molecule has 3 N–H and O–H groups in total. The maximum Gasteiger partial charge on any atom is 0.225 e. The molecule has 5 heteroatoms. The van der Waals surface area contributed by atoms with Gasteiger partial charge in [0, 0.05) is 18.5 Å². The molecule has 0 unspecified atom stereocenters. The fourth-order valence-electron chi connectivity index (χ4n) is 1.78. The SMILES string of the molecule is Cc1ccc(C(=N)N)c(OC2CCOCC2)n1. The molecule has 1 aromatic rings. The number of nitrogen functional groups attached to an aromatic ring is 1. The standard InChI is InChI=1S/C12H17N3O2/c1-8-2-3-10(11(13)14)12(15-8)17-9-4-6-16-7-5-9/h2-3,9H,4-7H2,1H3,(H3,13,14). The summed E-state index contributed by atoms with van der Waals surface area (Å²) in [6.45, 7) is 3.32. The van der Waals surface area contributed by atoms with Crippen LogP contribution in [0.2, 0.25) is 0 Å². The third-order valence-corrected chi connectivity index (χ3v) is 2.74. The van der Waals surface area contributed by atoms with E-state index in [1.54, 1.807) is 6.07 Å². The lowest BCUT2D eigenvalue weighted by molar-refractivity contribution is 0.0236. The summed E-state index contributed by atoms with van der Waals surface area (Å²) in [4.78, 5) is 4.30. The van der Waals surface area contributed by atoms with Gasteiger partial charge >= 0.3 is 0 Å². The zero-order valence-electron chi connectivity index (χ0n) is 9.90. The van der Waals surface area contributed by atoms with Gasteiger partial charge in [0.2, 0.25) is 5.88 Å². The molecule has 0 aliphatic carbocycles. The number of aromatic nitrogens is 1. The van der Waals surface area contributed by atoms with Crippen LogP contribution < -0.4 is 10.5 Å². The third kappa shape index (κ3) is 2.94. The Hall–Kier alpha value is -1.62. The highest BCUT2D eigenvalue weighted by Gasteiger charge is 2.18. The van der Waals surface area contributed by atoms with E-state index in [4.69, 9.17) is 20.6 Å². The number of nitrogens with one attached hydrogen (secondary N) is 1. The first-order valence-electron chi connectivity index (χ1n) is 5.73. The average molecular weight is 235 g/mol. The van der Waals surface area contributed by atoms with Crippen molar-refractivity contribution >= 4 is 5.84 Å². The van der Waals surface area contributed by atoms with E-state index in [-0.39, 0.29) is 11.9 Å². The van der Waals surface area contributed by atoms with Gasteiger partial charge in [0.05, 0.1) is 18.8 Å². The number of hydrogen-bond acceptors (Lipinski definition) is 4. The molecule has 1 aromatic heterocycles. The number of nitrogens with zero attached hydrogens (tertiary/aromatic N) is 1. The number of ether oxygens (including phenoxy) is 2. The molecule has 92 valence electrons. The van der Waals surface area contributed by atoms with Gasteiger partial charge < -0.3 is 15.2 Å². The van der Waals surface area contributed by atoms with E-state index < -0.39 is 0 Å². The van der Waals surface area contributed by atoms with Crippen LogP contribution in [0.15, 0.2) is 12.1 Å². The van der Waals surface area contributed by atoms with Crippen molar-refractivity contribution in [1.82, 2.24) is 4.98 Å². The van der Waals surface area contributed by atoms with E-state index >= 15 is 0 Å². The van der Waals surface area contributed by atoms with E-state index in [2.05, 4.69) is 4.98 Å². The maximum atomic E-state index is 7.50. The topological polar surface area (TPSA) is 81.2 Å². The van der Waals surface area contributed by atoms with Crippen LogP contribution in [-0.2, 0) is 4.74 Å². The first-order valence-corrected chi connectivity index (χ1v) is 5.73. The Balaban J connectivity index is 2.17. The van der Waals surface area contributed by atoms with E-state index in [0.29, 0.717) is 24.7 Å². The number of aryl methyl sites for hydroxylation is 1. The second-order valence-corrected chi connectivity index (χ2v) is 4.15. The van der Waals surface area contributed by atoms with Gasteiger partial charge in [-0.25, -0.2) is 4.98 Å². The van der Waals surface area contributed by atoms with Gasteiger partial charge in [0.15, 0.2) is 0 Å². The average Bonchev–Trinajstić information content (AvgIpc) is 2.30. The van der Waals surface area contributed by atoms with Crippen LogP contribution in [0.4, 0.5) is 0 Å². The molecule has 0 spiro atoms. The van der Waals surface area contributed by atoms with Crippen molar-refractivity contribution in [2.24, 2.45) is 5.73 Å². The molecular weight excluding hydrogens is 218 g/mol. The molecule has 17 heavy (non-hydrogen) atoms. The van der Waals surface area contributed by atoms with Crippen LogP contribution in [0, 0.1) is 12.3 Å². The predicted octanol–water partition coefficient (Wildman–Crippen LogP) is 1.23. The van der Waals surface area contributed by atoms with Crippen LogP contribution in [0.1, 0.15) is 24.1 Å².